The monoisotopic (exact) mass is 513 g/mol. The molecule has 194 valence electrons. The van der Waals surface area contributed by atoms with E-state index in [0.29, 0.717) is 22.9 Å². The van der Waals surface area contributed by atoms with Gasteiger partial charge in [-0.05, 0) is 35.7 Å². The number of benzene rings is 3. The number of carbonyl (C=O) groups is 4. The van der Waals surface area contributed by atoms with Gasteiger partial charge in [-0.15, -0.1) is 0 Å². The Bertz CT molecular complexity index is 1400. The Kier molecular flexibility index (Phi) is 6.83. The fraction of sp³-hybridized carbons (Fsp3) is 0.241. The lowest BCUT2D eigenvalue weighted by Gasteiger charge is -2.34. The number of Topliss-reactive ketones (excluding diaryl/α,β-unsaturated/α-hetero) is 1. The third-order valence-corrected chi connectivity index (χ3v) is 6.56. The fourth-order valence-corrected chi connectivity index (χ4v) is 4.75. The van der Waals surface area contributed by atoms with E-state index < -0.39 is 23.6 Å². The van der Waals surface area contributed by atoms with Crippen LogP contribution in [0, 0.1) is 5.92 Å². The van der Waals surface area contributed by atoms with Crippen LogP contribution in [0.1, 0.15) is 29.8 Å². The second-order valence-electron chi connectivity index (χ2n) is 9.49. The van der Waals surface area contributed by atoms with E-state index >= 15 is 0 Å². The summed E-state index contributed by atoms with van der Waals surface area (Å²) in [4.78, 5) is 55.4. The molecule has 3 aromatic carbocycles. The van der Waals surface area contributed by atoms with E-state index in [2.05, 4.69) is 5.32 Å². The topological polar surface area (TPSA) is 105 Å². The number of para-hydroxylation sites is 1. The summed E-state index contributed by atoms with van der Waals surface area (Å²) in [5.41, 5.74) is 1.99. The fourth-order valence-electron chi connectivity index (χ4n) is 4.75. The summed E-state index contributed by atoms with van der Waals surface area (Å²) in [6.45, 7) is 3.61. The highest BCUT2D eigenvalue weighted by Gasteiger charge is 2.39. The Labute approximate surface area is 219 Å². The van der Waals surface area contributed by atoms with Gasteiger partial charge >= 0.3 is 0 Å². The first kappa shape index (κ1) is 25.0. The number of ether oxygens (including phenoxy) is 2. The normalized spacial score (nSPS) is 14.4. The average molecular weight is 514 g/mol. The Morgan fingerprint density at radius 3 is 2.42 bits per heavy atom. The van der Waals surface area contributed by atoms with Crippen LogP contribution in [0.15, 0.2) is 72.8 Å². The Balaban J connectivity index is 1.43. The zero-order chi connectivity index (χ0) is 26.8. The summed E-state index contributed by atoms with van der Waals surface area (Å²) in [5.74, 6) is -1.39. The van der Waals surface area contributed by atoms with Crippen LogP contribution in [0.3, 0.4) is 0 Å². The van der Waals surface area contributed by atoms with Crippen LogP contribution in [-0.2, 0) is 20.9 Å². The van der Waals surface area contributed by atoms with Gasteiger partial charge in [0, 0.05) is 18.3 Å². The molecule has 1 unspecified atom stereocenters. The Morgan fingerprint density at radius 1 is 0.947 bits per heavy atom. The number of amides is 3. The maximum absolute atomic E-state index is 13.8. The van der Waals surface area contributed by atoms with Crippen LogP contribution >= 0.6 is 0 Å². The third-order valence-electron chi connectivity index (χ3n) is 6.56. The number of hydrogen-bond acceptors (Lipinski definition) is 6. The van der Waals surface area contributed by atoms with Crippen molar-refractivity contribution in [2.45, 2.75) is 26.4 Å². The highest BCUT2D eigenvalue weighted by molar-refractivity contribution is 6.52. The molecule has 0 saturated carbocycles. The lowest BCUT2D eigenvalue weighted by molar-refractivity contribution is -0.140. The average Bonchev–Trinajstić information content (AvgIpc) is 3.47. The van der Waals surface area contributed by atoms with Crippen molar-refractivity contribution in [1.82, 2.24) is 4.90 Å². The van der Waals surface area contributed by atoms with Crippen LogP contribution in [-0.4, -0.2) is 47.8 Å². The molecule has 3 amide bonds. The molecule has 0 spiro atoms. The largest absolute Gasteiger partial charge is 0.454 e. The minimum atomic E-state index is -0.864. The second kappa shape index (κ2) is 10.4. The lowest BCUT2D eigenvalue weighted by Crippen LogP contribution is -2.53. The van der Waals surface area contributed by atoms with Crippen LogP contribution < -0.4 is 19.7 Å². The number of anilines is 2. The van der Waals surface area contributed by atoms with Crippen LogP contribution in [0.2, 0.25) is 0 Å². The number of ketones is 1. The SMILES string of the molecule is CC(C)C(C(=O)Nc1ccc2c(c1)OCO2)N(Cc1ccccc1)C(=O)CN1C(=O)C(=O)c2ccccc21. The molecule has 38 heavy (non-hydrogen) atoms. The van der Waals surface area contributed by atoms with Gasteiger partial charge in [0.05, 0.1) is 11.3 Å². The summed E-state index contributed by atoms with van der Waals surface area (Å²) >= 11 is 0. The number of nitrogens with one attached hydrogen (secondary N) is 1. The number of fused-ring (bicyclic) bond motifs is 2. The van der Waals surface area contributed by atoms with E-state index in [1.807, 2.05) is 44.2 Å². The molecule has 0 saturated heterocycles. The van der Waals surface area contributed by atoms with Crippen molar-refractivity contribution in [3.05, 3.63) is 83.9 Å². The summed E-state index contributed by atoms with van der Waals surface area (Å²) in [7, 11) is 0. The number of hydrogen-bond donors (Lipinski definition) is 1. The van der Waals surface area contributed by atoms with Crippen molar-refractivity contribution < 1.29 is 28.7 Å². The highest BCUT2D eigenvalue weighted by Crippen LogP contribution is 2.34. The molecule has 0 bridgehead atoms. The van der Waals surface area contributed by atoms with Gasteiger partial charge in [0.15, 0.2) is 11.5 Å². The van der Waals surface area contributed by atoms with Crippen molar-refractivity contribution in [2.75, 3.05) is 23.6 Å². The Hall–Kier alpha value is -4.66. The molecular weight excluding hydrogens is 486 g/mol. The summed E-state index contributed by atoms with van der Waals surface area (Å²) in [5, 5.41) is 2.90. The minimum absolute atomic E-state index is 0.113. The first-order valence-electron chi connectivity index (χ1n) is 12.3. The molecule has 5 rings (SSSR count). The maximum Gasteiger partial charge on any atom is 0.299 e. The zero-order valence-electron chi connectivity index (χ0n) is 21.0. The molecule has 1 atom stereocenters. The summed E-state index contributed by atoms with van der Waals surface area (Å²) < 4.78 is 10.8. The molecule has 9 heteroatoms. The molecular formula is C29H27N3O6. The van der Waals surface area contributed by atoms with Crippen LogP contribution in [0.25, 0.3) is 0 Å². The smallest absolute Gasteiger partial charge is 0.299 e. The molecule has 2 aliphatic rings. The standard InChI is InChI=1S/C29H27N3O6/c1-18(2)26(28(35)30-20-12-13-23-24(14-20)38-17-37-23)32(15-19-8-4-3-5-9-19)25(33)16-31-22-11-7-6-10-21(22)27(34)29(31)36/h3-14,18,26H,15-17H2,1-2H3,(H,30,35). The van der Waals surface area contributed by atoms with E-state index in [-0.39, 0.29) is 37.3 Å². The quantitative estimate of drug-likeness (QED) is 0.461. The van der Waals surface area contributed by atoms with Crippen LogP contribution in [0.4, 0.5) is 11.4 Å². The third kappa shape index (κ3) is 4.82. The van der Waals surface area contributed by atoms with E-state index in [4.69, 9.17) is 9.47 Å². The van der Waals surface area contributed by atoms with Gasteiger partial charge in [-0.2, -0.15) is 0 Å². The van der Waals surface area contributed by atoms with Crippen molar-refractivity contribution in [3.63, 3.8) is 0 Å². The second-order valence-corrected chi connectivity index (χ2v) is 9.49. The van der Waals surface area contributed by atoms with Crippen molar-refractivity contribution in [2.24, 2.45) is 5.92 Å². The lowest BCUT2D eigenvalue weighted by atomic mass is 10.00. The van der Waals surface area contributed by atoms with Crippen LogP contribution in [0.5, 0.6) is 11.5 Å². The van der Waals surface area contributed by atoms with Gasteiger partial charge < -0.3 is 19.7 Å². The van der Waals surface area contributed by atoms with Gasteiger partial charge in [0.1, 0.15) is 12.6 Å². The van der Waals surface area contributed by atoms with Gasteiger partial charge in [-0.1, -0.05) is 56.3 Å². The molecule has 0 fully saturated rings. The van der Waals surface area contributed by atoms with Gasteiger partial charge in [-0.25, -0.2) is 0 Å². The molecule has 0 aromatic heterocycles. The first-order chi connectivity index (χ1) is 18.3. The van der Waals surface area contributed by atoms with E-state index in [1.54, 1.807) is 42.5 Å². The van der Waals surface area contributed by atoms with E-state index in [1.165, 1.54) is 9.80 Å². The molecule has 2 aliphatic heterocycles. The predicted octanol–water partition coefficient (Wildman–Crippen LogP) is 3.64. The predicted molar refractivity (Wildman–Crippen MR) is 140 cm³/mol. The van der Waals surface area contributed by atoms with Gasteiger partial charge in [0.25, 0.3) is 11.7 Å². The molecule has 1 N–H and O–H groups in total. The zero-order valence-corrected chi connectivity index (χ0v) is 21.0. The molecule has 2 heterocycles. The van der Waals surface area contributed by atoms with Crippen molar-refractivity contribution >= 4 is 34.9 Å². The molecule has 0 aliphatic carbocycles. The summed E-state index contributed by atoms with van der Waals surface area (Å²) in [6, 6.07) is 20.1. The van der Waals surface area contributed by atoms with E-state index in [9.17, 15) is 19.2 Å². The highest BCUT2D eigenvalue weighted by atomic mass is 16.7. The van der Waals surface area contributed by atoms with Gasteiger partial charge in [-0.3, -0.25) is 24.1 Å². The van der Waals surface area contributed by atoms with Crippen molar-refractivity contribution in [3.8, 4) is 11.5 Å². The molecule has 0 radical (unpaired) electrons. The Morgan fingerprint density at radius 2 is 1.66 bits per heavy atom. The number of rotatable bonds is 8. The maximum atomic E-state index is 13.8. The van der Waals surface area contributed by atoms with Crippen molar-refractivity contribution in [1.29, 1.82) is 0 Å². The first-order valence-corrected chi connectivity index (χ1v) is 12.3. The number of nitrogens with zero attached hydrogens (tertiary/aromatic N) is 2. The molecule has 3 aromatic rings. The van der Waals surface area contributed by atoms with E-state index in [0.717, 1.165) is 5.56 Å². The number of carbonyl (C=O) groups excluding carboxylic acids is 4. The molecule has 9 nitrogen and oxygen atoms in total. The van der Waals surface area contributed by atoms with Gasteiger partial charge in [0.2, 0.25) is 18.6 Å². The summed E-state index contributed by atoms with van der Waals surface area (Å²) in [6.07, 6.45) is 0. The minimum Gasteiger partial charge on any atom is -0.454 e.